The molecule has 160 valence electrons. The first-order chi connectivity index (χ1) is 12.0. The second kappa shape index (κ2) is 49.7. The summed E-state index contributed by atoms with van der Waals surface area (Å²) in [5, 5.41) is 25.2. The molecule has 0 saturated carbocycles. The molecule has 10 heteroatoms. The van der Waals surface area contributed by atoms with Gasteiger partial charge < -0.3 is 36.0 Å². The van der Waals surface area contributed by atoms with Gasteiger partial charge in [-0.15, -0.1) is 0 Å². The Morgan fingerprint density at radius 3 is 1.48 bits per heavy atom. The van der Waals surface area contributed by atoms with Gasteiger partial charge in [0.05, 0.1) is 22.2 Å². The Balaban J connectivity index is -0.0000000737. The largest absolute Gasteiger partial charge is 0.395 e. The molecule has 0 fully saturated rings. The normalized spacial score (nSPS) is 9.60. The third-order valence-electron chi connectivity index (χ3n) is 1.72. The summed E-state index contributed by atoms with van der Waals surface area (Å²) in [6, 6.07) is 0. The van der Waals surface area contributed by atoms with Crippen LogP contribution in [0.25, 0.3) is 0 Å². The lowest BCUT2D eigenvalue weighted by molar-refractivity contribution is 0.255. The summed E-state index contributed by atoms with van der Waals surface area (Å²) in [5.74, 6) is 0. The Morgan fingerprint density at radius 1 is 0.800 bits per heavy atom. The first kappa shape index (κ1) is 36.5. The van der Waals surface area contributed by atoms with Crippen molar-refractivity contribution in [2.24, 2.45) is 0 Å². The molecule has 0 aliphatic heterocycles. The molecule has 0 radical (unpaired) electrons. The van der Waals surface area contributed by atoms with Crippen LogP contribution in [0.3, 0.4) is 0 Å². The molecule has 7 N–H and O–H groups in total. The van der Waals surface area contributed by atoms with Crippen LogP contribution in [0.5, 0.6) is 0 Å². The Kier molecular flexibility index (Phi) is 72.5. The molecule has 0 heterocycles. The van der Waals surface area contributed by atoms with Gasteiger partial charge in [0.2, 0.25) is 0 Å². The van der Waals surface area contributed by atoms with Crippen LogP contribution in [0.4, 0.5) is 0 Å². The minimum Gasteiger partial charge on any atom is -0.395 e. The highest BCUT2D eigenvalue weighted by atomic mass is 31.1. The highest BCUT2D eigenvalue weighted by molar-refractivity contribution is 7.29. The van der Waals surface area contributed by atoms with E-state index in [1.54, 1.807) is 6.66 Å². The minimum atomic E-state index is -0.164. The molecule has 0 aliphatic carbocycles. The summed E-state index contributed by atoms with van der Waals surface area (Å²) in [4.78, 5) is 16.2. The summed E-state index contributed by atoms with van der Waals surface area (Å²) < 4.78 is 1.82. The third-order valence-corrected chi connectivity index (χ3v) is 2.45. The lowest BCUT2D eigenvalue weighted by Gasteiger charge is -2.15. The second-order valence-electron chi connectivity index (χ2n) is 4.51. The van der Waals surface area contributed by atoms with E-state index < -0.39 is 0 Å². The van der Waals surface area contributed by atoms with Crippen molar-refractivity contribution in [1.82, 2.24) is 20.6 Å². The van der Waals surface area contributed by atoms with E-state index in [2.05, 4.69) is 22.9 Å². The van der Waals surface area contributed by atoms with Crippen LogP contribution in [-0.2, 0) is 0 Å². The summed E-state index contributed by atoms with van der Waals surface area (Å²) in [5.41, 5.74) is 0. The van der Waals surface area contributed by atoms with Crippen molar-refractivity contribution in [3.05, 3.63) is 0 Å². The lowest BCUT2D eigenvalue weighted by Crippen LogP contribution is -2.18. The van der Waals surface area contributed by atoms with Crippen molar-refractivity contribution in [2.45, 2.75) is 26.7 Å². The molecule has 2 unspecified atom stereocenters. The zero-order chi connectivity index (χ0) is 20.8. The van der Waals surface area contributed by atoms with E-state index in [-0.39, 0.29) is 31.0 Å². The van der Waals surface area contributed by atoms with Crippen molar-refractivity contribution in [3.8, 4) is 0 Å². The Hall–Kier alpha value is 0.540. The maximum atomic E-state index is 8.63. The summed E-state index contributed by atoms with van der Waals surface area (Å²) in [7, 11) is 7.42. The van der Waals surface area contributed by atoms with E-state index in [4.69, 9.17) is 20.0 Å². The van der Waals surface area contributed by atoms with Crippen LogP contribution in [0.2, 0.25) is 0 Å². The summed E-state index contributed by atoms with van der Waals surface area (Å²) in [6.07, 6.45) is 2.16. The fourth-order valence-electron chi connectivity index (χ4n) is 0.983. The van der Waals surface area contributed by atoms with Gasteiger partial charge in [-0.1, -0.05) is 13.8 Å². The van der Waals surface area contributed by atoms with Crippen molar-refractivity contribution in [1.29, 1.82) is 0 Å². The Morgan fingerprint density at radius 2 is 1.24 bits per heavy atom. The van der Waals surface area contributed by atoms with Gasteiger partial charge in [-0.05, 0) is 54.2 Å². The molecule has 0 amide bonds. The van der Waals surface area contributed by atoms with Gasteiger partial charge in [0, 0.05) is 28.4 Å². The number of aliphatic hydroxyl groups excluding tert-OH is 2. The molecule has 0 rings (SSSR count). The molecule has 0 saturated heterocycles. The molecule has 2 atom stereocenters. The number of aliphatic hydroxyl groups is 2. The van der Waals surface area contributed by atoms with Gasteiger partial charge in [-0.25, -0.2) is 0 Å². The smallest absolute Gasteiger partial charge is 0.0853 e. The molecule has 25 heavy (non-hydrogen) atoms. The lowest BCUT2D eigenvalue weighted by atomic mass is 10.5. The standard InChI is InChI=1S/C5H14NO2P.C5H13NO.2C2H7N.CH5OP/c1-2-3-6(9-8)4-5-7;1-2-3-6-4-5-7;3*1-3-2/h7-9H,2-5H2,1H3;6-7H,2-5H2,1H3;2*3H,1-2H3;2-3H,1H3. The maximum absolute atomic E-state index is 8.63. The van der Waals surface area contributed by atoms with Crippen molar-refractivity contribution in [2.75, 3.05) is 74.2 Å². The predicted octanol–water partition coefficient (Wildman–Crippen LogP) is 0.0430. The first-order valence-corrected chi connectivity index (χ1v) is 10.9. The average molecular weight is 409 g/mol. The number of hydrogen-bond donors (Lipinski definition) is 7. The number of nitrogens with one attached hydrogen (secondary N) is 3. The Labute approximate surface area is 160 Å². The molecular formula is C15H46N4O4P2. The number of rotatable bonds is 9. The zero-order valence-corrected chi connectivity index (χ0v) is 19.4. The molecule has 8 nitrogen and oxygen atoms in total. The molecule has 0 aromatic heterocycles. The number of hydrogen-bond acceptors (Lipinski definition) is 8. The highest BCUT2D eigenvalue weighted by Gasteiger charge is 1.98. The topological polar surface area (TPSA) is 120 Å². The van der Waals surface area contributed by atoms with Crippen molar-refractivity contribution >= 4 is 17.8 Å². The third kappa shape index (κ3) is 79.3. The Bertz CT molecular complexity index is 153. The van der Waals surface area contributed by atoms with Gasteiger partial charge in [-0.2, -0.15) is 0 Å². The molecule has 0 aromatic rings. The van der Waals surface area contributed by atoms with Gasteiger partial charge in [-0.3, -0.25) is 4.67 Å². The van der Waals surface area contributed by atoms with Crippen molar-refractivity contribution in [3.63, 3.8) is 0 Å². The van der Waals surface area contributed by atoms with Crippen LogP contribution < -0.4 is 16.0 Å². The monoisotopic (exact) mass is 408 g/mol. The van der Waals surface area contributed by atoms with Crippen LogP contribution in [0.15, 0.2) is 0 Å². The van der Waals surface area contributed by atoms with E-state index in [0.717, 1.165) is 32.5 Å². The maximum Gasteiger partial charge on any atom is 0.0853 e. The summed E-state index contributed by atoms with van der Waals surface area (Å²) >= 11 is 0. The molecule has 0 spiro atoms. The second-order valence-corrected chi connectivity index (χ2v) is 5.79. The molecular weight excluding hydrogens is 362 g/mol. The average Bonchev–Trinajstić information content (AvgIpc) is 2.58. The van der Waals surface area contributed by atoms with Crippen LogP contribution in [0, 0.1) is 0 Å². The summed E-state index contributed by atoms with van der Waals surface area (Å²) in [6.45, 7) is 9.44. The van der Waals surface area contributed by atoms with Gasteiger partial charge >= 0.3 is 0 Å². The number of nitrogens with zero attached hydrogens (tertiary/aromatic N) is 1. The highest BCUT2D eigenvalue weighted by Crippen LogP contribution is 2.10. The minimum absolute atomic E-state index is 0.0833. The van der Waals surface area contributed by atoms with E-state index >= 15 is 0 Å². The van der Waals surface area contributed by atoms with Crippen LogP contribution in [-0.4, -0.2) is 98.9 Å². The van der Waals surface area contributed by atoms with Crippen molar-refractivity contribution < 1.29 is 20.0 Å². The van der Waals surface area contributed by atoms with Crippen LogP contribution in [0.1, 0.15) is 26.7 Å². The fourth-order valence-corrected chi connectivity index (χ4v) is 1.51. The van der Waals surface area contributed by atoms with Gasteiger partial charge in [0.25, 0.3) is 0 Å². The molecule has 0 aliphatic rings. The fraction of sp³-hybridized carbons (Fsp3) is 1.00. The van der Waals surface area contributed by atoms with E-state index in [0.29, 0.717) is 6.54 Å². The zero-order valence-electron chi connectivity index (χ0n) is 17.4. The van der Waals surface area contributed by atoms with Gasteiger partial charge in [0.15, 0.2) is 0 Å². The van der Waals surface area contributed by atoms with Gasteiger partial charge in [0.1, 0.15) is 0 Å². The molecule has 0 bridgehead atoms. The predicted molar refractivity (Wildman–Crippen MR) is 116 cm³/mol. The van der Waals surface area contributed by atoms with E-state index in [1.165, 1.54) is 0 Å². The first-order valence-electron chi connectivity index (χ1n) is 8.56. The quantitative estimate of drug-likeness (QED) is 0.211. The SMILES string of the molecule is CCCN(CCO)PO.CCCNCCO.CNC.CNC.CPO. The van der Waals surface area contributed by atoms with E-state index in [1.807, 2.05) is 39.8 Å². The van der Waals surface area contributed by atoms with Crippen LogP contribution >= 0.6 is 17.8 Å². The van der Waals surface area contributed by atoms with E-state index in [9.17, 15) is 0 Å². The molecule has 0 aromatic carbocycles.